The van der Waals surface area contributed by atoms with Crippen LogP contribution in [0.15, 0.2) is 24.3 Å². The average Bonchev–Trinajstić information content (AvgIpc) is 3.38. The lowest BCUT2D eigenvalue weighted by molar-refractivity contribution is -0.139. The zero-order valence-corrected chi connectivity index (χ0v) is 17.0. The summed E-state index contributed by atoms with van der Waals surface area (Å²) in [6.07, 6.45) is 1.03. The van der Waals surface area contributed by atoms with Gasteiger partial charge in [0.1, 0.15) is 0 Å². The molecule has 2 heterocycles. The number of carbonyl (C=O) groups is 2. The van der Waals surface area contributed by atoms with Crippen molar-refractivity contribution >= 4 is 23.6 Å². The summed E-state index contributed by atoms with van der Waals surface area (Å²) in [4.78, 5) is 29.2. The molecule has 3 fully saturated rings. The lowest BCUT2D eigenvalue weighted by Crippen LogP contribution is -2.54. The van der Waals surface area contributed by atoms with Gasteiger partial charge in [-0.1, -0.05) is 18.9 Å². The van der Waals surface area contributed by atoms with E-state index in [0.29, 0.717) is 25.9 Å². The molecule has 0 unspecified atom stereocenters. The highest BCUT2D eigenvalue weighted by molar-refractivity contribution is 8.00. The molecule has 1 saturated carbocycles. The van der Waals surface area contributed by atoms with Gasteiger partial charge in [0, 0.05) is 36.9 Å². The Morgan fingerprint density at radius 2 is 1.76 bits per heavy atom. The third-order valence-corrected chi connectivity index (χ3v) is 7.97. The normalized spacial score (nSPS) is 22.4. The molecule has 2 saturated heterocycles. The number of benzene rings is 1. The standard InChI is InChI=1S/C21H25F3N2O2S/c22-21(23,24)17-7-3-6-16(14-17)18(27)25-10-8-20(9-11-25)26(12-13-29-20)19(28)15-4-1-2-5-15/h3,6-7,14-15H,1-2,4-5,8-13H2. The number of hydrogen-bond donors (Lipinski definition) is 0. The Hall–Kier alpha value is -1.70. The summed E-state index contributed by atoms with van der Waals surface area (Å²) < 4.78 is 38.9. The van der Waals surface area contributed by atoms with Crippen LogP contribution in [-0.4, -0.2) is 51.9 Å². The SMILES string of the molecule is O=C(c1cccc(C(F)(F)F)c1)N1CCC2(CC1)SCCN2C(=O)C1CCCC1. The predicted molar refractivity (Wildman–Crippen MR) is 105 cm³/mol. The Kier molecular flexibility index (Phi) is 5.57. The van der Waals surface area contributed by atoms with E-state index in [9.17, 15) is 22.8 Å². The first kappa shape index (κ1) is 20.6. The van der Waals surface area contributed by atoms with Crippen molar-refractivity contribution in [3.8, 4) is 0 Å². The van der Waals surface area contributed by atoms with E-state index < -0.39 is 11.7 Å². The topological polar surface area (TPSA) is 40.6 Å². The first-order valence-corrected chi connectivity index (χ1v) is 11.2. The Morgan fingerprint density at radius 1 is 1.07 bits per heavy atom. The molecule has 4 nitrogen and oxygen atoms in total. The van der Waals surface area contributed by atoms with Gasteiger partial charge in [-0.3, -0.25) is 9.59 Å². The molecular weight excluding hydrogens is 401 g/mol. The molecule has 1 aliphatic carbocycles. The fourth-order valence-electron chi connectivity index (χ4n) is 4.80. The Labute approximate surface area is 172 Å². The van der Waals surface area contributed by atoms with Crippen LogP contribution in [0, 0.1) is 5.92 Å². The van der Waals surface area contributed by atoms with Gasteiger partial charge >= 0.3 is 6.18 Å². The summed E-state index contributed by atoms with van der Waals surface area (Å²) in [6.45, 7) is 1.66. The zero-order chi connectivity index (χ0) is 20.6. The molecule has 2 amide bonds. The van der Waals surface area contributed by atoms with Gasteiger partial charge in [0.2, 0.25) is 5.91 Å². The molecule has 8 heteroatoms. The van der Waals surface area contributed by atoms with Gasteiger partial charge in [-0.2, -0.15) is 13.2 Å². The highest BCUT2D eigenvalue weighted by atomic mass is 32.2. The molecule has 0 atom stereocenters. The molecule has 0 aromatic heterocycles. The number of piperidine rings is 1. The summed E-state index contributed by atoms with van der Waals surface area (Å²) >= 11 is 1.79. The fraction of sp³-hybridized carbons (Fsp3) is 0.619. The predicted octanol–water partition coefficient (Wildman–Crippen LogP) is 4.40. The lowest BCUT2D eigenvalue weighted by atomic mass is 9.98. The van der Waals surface area contributed by atoms with E-state index in [4.69, 9.17) is 0 Å². The van der Waals surface area contributed by atoms with E-state index in [0.717, 1.165) is 50.1 Å². The molecular formula is C21H25F3N2O2S. The Morgan fingerprint density at radius 3 is 2.41 bits per heavy atom. The van der Waals surface area contributed by atoms with Gasteiger partial charge in [-0.25, -0.2) is 0 Å². The fourth-order valence-corrected chi connectivity index (χ4v) is 6.26. The minimum Gasteiger partial charge on any atom is -0.338 e. The minimum atomic E-state index is -4.47. The molecule has 0 N–H and O–H groups in total. The van der Waals surface area contributed by atoms with Gasteiger partial charge in [0.15, 0.2) is 0 Å². The van der Waals surface area contributed by atoms with Crippen molar-refractivity contribution in [1.82, 2.24) is 9.80 Å². The molecule has 1 spiro atoms. The monoisotopic (exact) mass is 426 g/mol. The maximum Gasteiger partial charge on any atom is 0.416 e. The number of halogens is 3. The van der Waals surface area contributed by atoms with Crippen molar-refractivity contribution in [3.05, 3.63) is 35.4 Å². The van der Waals surface area contributed by atoms with Crippen LogP contribution >= 0.6 is 11.8 Å². The number of alkyl halides is 3. The number of amides is 2. The highest BCUT2D eigenvalue weighted by Crippen LogP contribution is 2.45. The number of nitrogens with zero attached hydrogens (tertiary/aromatic N) is 2. The summed E-state index contributed by atoms with van der Waals surface area (Å²) in [5, 5.41) is 0. The van der Waals surface area contributed by atoms with Crippen LogP contribution in [-0.2, 0) is 11.0 Å². The molecule has 3 aliphatic rings. The van der Waals surface area contributed by atoms with Crippen molar-refractivity contribution < 1.29 is 22.8 Å². The molecule has 1 aromatic carbocycles. The molecule has 158 valence electrons. The largest absolute Gasteiger partial charge is 0.416 e. The number of likely N-dealkylation sites (tertiary alicyclic amines) is 1. The van der Waals surface area contributed by atoms with Crippen LogP contribution in [0.3, 0.4) is 0 Å². The van der Waals surface area contributed by atoms with Crippen molar-refractivity contribution in [1.29, 1.82) is 0 Å². The van der Waals surface area contributed by atoms with Gasteiger partial charge in [-0.15, -0.1) is 11.8 Å². The van der Waals surface area contributed by atoms with Crippen molar-refractivity contribution in [2.24, 2.45) is 5.92 Å². The van der Waals surface area contributed by atoms with E-state index >= 15 is 0 Å². The van der Waals surface area contributed by atoms with E-state index in [1.165, 1.54) is 12.1 Å². The first-order valence-electron chi connectivity index (χ1n) is 10.2. The van der Waals surface area contributed by atoms with E-state index in [2.05, 4.69) is 0 Å². The summed E-state index contributed by atoms with van der Waals surface area (Å²) in [6, 6.07) is 4.61. The number of thioether (sulfide) groups is 1. The van der Waals surface area contributed by atoms with Crippen molar-refractivity contribution in [2.75, 3.05) is 25.4 Å². The van der Waals surface area contributed by atoms with Gasteiger partial charge in [0.25, 0.3) is 5.91 Å². The third-order valence-electron chi connectivity index (χ3n) is 6.42. The molecule has 2 aliphatic heterocycles. The zero-order valence-electron chi connectivity index (χ0n) is 16.2. The molecule has 29 heavy (non-hydrogen) atoms. The van der Waals surface area contributed by atoms with Crippen LogP contribution in [0.1, 0.15) is 54.4 Å². The van der Waals surface area contributed by atoms with Gasteiger partial charge in [0.05, 0.1) is 10.4 Å². The second-order valence-corrected chi connectivity index (χ2v) is 9.59. The second kappa shape index (κ2) is 7.85. The first-order chi connectivity index (χ1) is 13.8. The molecule has 1 aromatic rings. The maximum atomic E-state index is 13.0. The lowest BCUT2D eigenvalue weighted by Gasteiger charge is -2.44. The molecule has 0 bridgehead atoms. The number of rotatable bonds is 2. The van der Waals surface area contributed by atoms with E-state index in [-0.39, 0.29) is 28.2 Å². The minimum absolute atomic E-state index is 0.0636. The van der Waals surface area contributed by atoms with Gasteiger partial charge in [-0.05, 0) is 43.9 Å². The third kappa shape index (κ3) is 4.00. The van der Waals surface area contributed by atoms with E-state index in [1.807, 2.05) is 4.90 Å². The Bertz CT molecular complexity index is 784. The van der Waals surface area contributed by atoms with E-state index in [1.54, 1.807) is 16.7 Å². The van der Waals surface area contributed by atoms with Crippen molar-refractivity contribution in [2.45, 2.75) is 49.6 Å². The Balaban J connectivity index is 1.43. The average molecular weight is 427 g/mol. The summed E-state index contributed by atoms with van der Waals surface area (Å²) in [5.41, 5.74) is -0.745. The smallest absolute Gasteiger partial charge is 0.338 e. The quantitative estimate of drug-likeness (QED) is 0.704. The highest BCUT2D eigenvalue weighted by Gasteiger charge is 2.48. The van der Waals surface area contributed by atoms with Crippen LogP contribution < -0.4 is 0 Å². The summed E-state index contributed by atoms with van der Waals surface area (Å²) in [7, 11) is 0. The van der Waals surface area contributed by atoms with Crippen LogP contribution in [0.4, 0.5) is 13.2 Å². The maximum absolute atomic E-state index is 13.0. The molecule has 0 radical (unpaired) electrons. The second-order valence-electron chi connectivity index (χ2n) is 8.14. The van der Waals surface area contributed by atoms with Crippen LogP contribution in [0.25, 0.3) is 0 Å². The van der Waals surface area contributed by atoms with Crippen LogP contribution in [0.5, 0.6) is 0 Å². The van der Waals surface area contributed by atoms with Crippen LogP contribution in [0.2, 0.25) is 0 Å². The molecule has 4 rings (SSSR count). The number of hydrogen-bond acceptors (Lipinski definition) is 3. The summed E-state index contributed by atoms with van der Waals surface area (Å²) in [5.74, 6) is 0.920. The van der Waals surface area contributed by atoms with Crippen molar-refractivity contribution in [3.63, 3.8) is 0 Å². The number of carbonyl (C=O) groups excluding carboxylic acids is 2. The van der Waals surface area contributed by atoms with Gasteiger partial charge < -0.3 is 9.80 Å².